The monoisotopic (exact) mass is 266 g/mol. The van der Waals surface area contributed by atoms with Gasteiger partial charge in [-0.15, -0.1) is 0 Å². The summed E-state index contributed by atoms with van der Waals surface area (Å²) < 4.78 is 0. The molecule has 1 aliphatic heterocycles. The summed E-state index contributed by atoms with van der Waals surface area (Å²) in [6.07, 6.45) is 3.98. The third-order valence-electron chi connectivity index (χ3n) is 3.74. The Morgan fingerprint density at radius 1 is 1.20 bits per heavy atom. The van der Waals surface area contributed by atoms with Crippen LogP contribution in [0, 0.1) is 5.41 Å². The molecule has 0 spiro atoms. The van der Waals surface area contributed by atoms with E-state index in [1.165, 1.54) is 11.1 Å². The number of hydrogen-bond donors (Lipinski definition) is 2. The molecule has 0 radical (unpaired) electrons. The molecule has 0 unspecified atom stereocenters. The Morgan fingerprint density at radius 2 is 2.00 bits per heavy atom. The minimum Gasteiger partial charge on any atom is -0.382 e. The van der Waals surface area contributed by atoms with Crippen LogP contribution in [0.3, 0.4) is 0 Å². The molecule has 20 heavy (non-hydrogen) atoms. The van der Waals surface area contributed by atoms with Crippen LogP contribution >= 0.6 is 0 Å². The van der Waals surface area contributed by atoms with E-state index in [0.29, 0.717) is 5.69 Å². The average Bonchev–Trinajstić information content (AvgIpc) is 2.69. The van der Waals surface area contributed by atoms with Crippen molar-refractivity contribution >= 4 is 11.5 Å². The zero-order valence-corrected chi connectivity index (χ0v) is 11.3. The molecule has 0 atom stereocenters. The second-order valence-electron chi connectivity index (χ2n) is 5.11. The van der Waals surface area contributed by atoms with Gasteiger partial charge in [0.05, 0.1) is 0 Å². The maximum atomic E-state index is 7.50. The number of aryl methyl sites for hydroxylation is 1. The zero-order chi connectivity index (χ0) is 13.9. The fourth-order valence-corrected chi connectivity index (χ4v) is 2.68. The lowest BCUT2D eigenvalue weighted by atomic mass is 10.0. The van der Waals surface area contributed by atoms with Crippen LogP contribution in [0.15, 0.2) is 42.6 Å². The number of nitrogen functional groups attached to an aromatic ring is 1. The number of rotatable bonds is 2. The van der Waals surface area contributed by atoms with Crippen molar-refractivity contribution in [2.45, 2.75) is 19.4 Å². The van der Waals surface area contributed by atoms with Gasteiger partial charge in [-0.3, -0.25) is 10.4 Å². The minimum atomic E-state index is 0.0158. The molecule has 3 N–H and O–H groups in total. The van der Waals surface area contributed by atoms with Gasteiger partial charge in [0, 0.05) is 25.0 Å². The highest BCUT2D eigenvalue weighted by atomic mass is 15.1. The summed E-state index contributed by atoms with van der Waals surface area (Å²) in [7, 11) is 0. The predicted octanol–water partition coefficient (Wildman–Crippen LogP) is 2.32. The van der Waals surface area contributed by atoms with Crippen molar-refractivity contribution in [3.63, 3.8) is 0 Å². The van der Waals surface area contributed by atoms with Gasteiger partial charge in [-0.05, 0) is 36.1 Å². The lowest BCUT2D eigenvalue weighted by Gasteiger charge is -2.23. The van der Waals surface area contributed by atoms with Gasteiger partial charge in [-0.2, -0.15) is 0 Å². The number of fused-ring (bicyclic) bond motifs is 1. The number of amidine groups is 1. The summed E-state index contributed by atoms with van der Waals surface area (Å²) >= 11 is 0. The number of aromatic nitrogens is 1. The van der Waals surface area contributed by atoms with E-state index in [4.69, 9.17) is 11.1 Å². The van der Waals surface area contributed by atoms with Gasteiger partial charge in [-0.25, -0.2) is 0 Å². The lowest BCUT2D eigenvalue weighted by molar-refractivity contribution is 0.765. The molecule has 1 aliphatic rings. The second-order valence-corrected chi connectivity index (χ2v) is 5.11. The van der Waals surface area contributed by atoms with Crippen LogP contribution in [0.5, 0.6) is 0 Å². The van der Waals surface area contributed by atoms with E-state index in [2.05, 4.69) is 34.1 Å². The largest absolute Gasteiger partial charge is 0.382 e. The molecule has 1 aromatic heterocycles. The van der Waals surface area contributed by atoms with Crippen LogP contribution < -0.4 is 10.6 Å². The van der Waals surface area contributed by atoms with Gasteiger partial charge < -0.3 is 10.6 Å². The van der Waals surface area contributed by atoms with E-state index >= 15 is 0 Å². The zero-order valence-electron chi connectivity index (χ0n) is 11.3. The number of nitrogens with zero attached hydrogens (tertiary/aromatic N) is 2. The van der Waals surface area contributed by atoms with E-state index in [1.54, 1.807) is 6.20 Å². The van der Waals surface area contributed by atoms with Crippen LogP contribution in [0.1, 0.15) is 23.2 Å². The number of pyridine rings is 1. The van der Waals surface area contributed by atoms with Gasteiger partial charge in [-0.1, -0.05) is 24.3 Å². The normalized spacial score (nSPS) is 14.5. The molecule has 0 fully saturated rings. The fourth-order valence-electron chi connectivity index (χ4n) is 2.68. The number of anilines is 1. The topological polar surface area (TPSA) is 66.0 Å². The molecular weight excluding hydrogens is 248 g/mol. The molecular formula is C16H18N4. The van der Waals surface area contributed by atoms with Gasteiger partial charge in [0.15, 0.2) is 0 Å². The van der Waals surface area contributed by atoms with Crippen molar-refractivity contribution in [3.8, 4) is 0 Å². The van der Waals surface area contributed by atoms with Crippen LogP contribution in [-0.4, -0.2) is 17.4 Å². The van der Waals surface area contributed by atoms with Gasteiger partial charge in [0.2, 0.25) is 0 Å². The van der Waals surface area contributed by atoms with Crippen molar-refractivity contribution in [2.75, 3.05) is 11.4 Å². The Hall–Kier alpha value is -2.36. The quantitative estimate of drug-likeness (QED) is 0.647. The van der Waals surface area contributed by atoms with E-state index in [-0.39, 0.29) is 5.84 Å². The van der Waals surface area contributed by atoms with Crippen LogP contribution in [0.4, 0.5) is 5.69 Å². The highest BCUT2D eigenvalue weighted by molar-refractivity contribution is 5.93. The summed E-state index contributed by atoms with van der Waals surface area (Å²) in [5, 5.41) is 7.50. The smallest absolute Gasteiger partial charge is 0.141 e. The molecule has 102 valence electrons. The Kier molecular flexibility index (Phi) is 3.37. The maximum absolute atomic E-state index is 7.50. The molecule has 0 bridgehead atoms. The van der Waals surface area contributed by atoms with Gasteiger partial charge in [0.25, 0.3) is 0 Å². The van der Waals surface area contributed by atoms with Crippen molar-refractivity contribution in [1.82, 2.24) is 4.98 Å². The molecule has 0 aliphatic carbocycles. The van der Waals surface area contributed by atoms with E-state index < -0.39 is 0 Å². The fraction of sp³-hybridized carbons (Fsp3) is 0.250. The molecule has 0 amide bonds. The second kappa shape index (κ2) is 5.33. The first-order chi connectivity index (χ1) is 9.74. The van der Waals surface area contributed by atoms with Crippen LogP contribution in [0.2, 0.25) is 0 Å². The van der Waals surface area contributed by atoms with E-state index in [9.17, 15) is 0 Å². The number of benzene rings is 1. The van der Waals surface area contributed by atoms with Crippen molar-refractivity contribution < 1.29 is 0 Å². The average molecular weight is 266 g/mol. The Labute approximate surface area is 118 Å². The molecule has 2 aromatic rings. The molecule has 4 nitrogen and oxygen atoms in total. The molecule has 0 saturated heterocycles. The van der Waals surface area contributed by atoms with Crippen molar-refractivity contribution in [1.29, 1.82) is 5.41 Å². The number of nitrogens with two attached hydrogens (primary N) is 1. The third kappa shape index (κ3) is 2.50. The maximum Gasteiger partial charge on any atom is 0.141 e. The molecule has 1 aromatic carbocycles. The standard InChI is InChI=1S/C16H18N4/c17-16(18)15-10-14(7-8-19-15)20-9-3-6-12-4-1-2-5-13(12)11-20/h1-2,4-5,7-8,10H,3,6,9,11H2,(H3,17,18). The van der Waals surface area contributed by atoms with Crippen LogP contribution in [0.25, 0.3) is 0 Å². The molecule has 2 heterocycles. The highest BCUT2D eigenvalue weighted by Gasteiger charge is 2.15. The first kappa shape index (κ1) is 12.7. The van der Waals surface area contributed by atoms with Gasteiger partial charge in [0.1, 0.15) is 11.5 Å². The summed E-state index contributed by atoms with van der Waals surface area (Å²) in [4.78, 5) is 6.46. The Morgan fingerprint density at radius 3 is 2.80 bits per heavy atom. The van der Waals surface area contributed by atoms with Crippen molar-refractivity contribution in [2.24, 2.45) is 5.73 Å². The predicted molar refractivity (Wildman–Crippen MR) is 81.1 cm³/mol. The Balaban J connectivity index is 1.91. The first-order valence-electron chi connectivity index (χ1n) is 6.86. The molecule has 0 saturated carbocycles. The van der Waals surface area contributed by atoms with Crippen LogP contribution in [-0.2, 0) is 13.0 Å². The summed E-state index contributed by atoms with van der Waals surface area (Å²) in [6, 6.07) is 12.5. The van der Waals surface area contributed by atoms with E-state index in [0.717, 1.165) is 31.6 Å². The SMILES string of the molecule is N=C(N)c1cc(N2CCCc3ccccc3C2)ccn1. The van der Waals surface area contributed by atoms with Crippen molar-refractivity contribution in [3.05, 3.63) is 59.4 Å². The lowest BCUT2D eigenvalue weighted by Crippen LogP contribution is -2.23. The summed E-state index contributed by atoms with van der Waals surface area (Å²) in [5.41, 5.74) is 9.97. The first-order valence-corrected chi connectivity index (χ1v) is 6.86. The van der Waals surface area contributed by atoms with E-state index in [1.807, 2.05) is 12.1 Å². The number of hydrogen-bond acceptors (Lipinski definition) is 3. The molecule has 4 heteroatoms. The Bertz CT molecular complexity index is 636. The third-order valence-corrected chi connectivity index (χ3v) is 3.74. The highest BCUT2D eigenvalue weighted by Crippen LogP contribution is 2.23. The summed E-state index contributed by atoms with van der Waals surface area (Å²) in [6.45, 7) is 1.91. The summed E-state index contributed by atoms with van der Waals surface area (Å²) in [5.74, 6) is 0.0158. The van der Waals surface area contributed by atoms with Gasteiger partial charge >= 0.3 is 0 Å². The minimum absolute atomic E-state index is 0.0158. The number of nitrogens with one attached hydrogen (secondary N) is 1. The molecule has 3 rings (SSSR count).